The molecule has 2 atom stereocenters. The van der Waals surface area contributed by atoms with E-state index in [0.29, 0.717) is 19.4 Å². The van der Waals surface area contributed by atoms with Gasteiger partial charge in [0.25, 0.3) is 0 Å². The van der Waals surface area contributed by atoms with Gasteiger partial charge in [-0.15, -0.1) is 0 Å². The molecular formula is C80H155NO5. The molecule has 6 nitrogen and oxygen atoms in total. The van der Waals surface area contributed by atoms with Crippen molar-refractivity contribution in [3.63, 3.8) is 0 Å². The summed E-state index contributed by atoms with van der Waals surface area (Å²) in [6, 6.07) is -0.630. The standard InChI is InChI=1S/C80H155NO5/c1-3-5-7-9-11-13-15-17-19-21-23-24-30-33-37-40-44-48-52-56-60-64-68-72-78(83)77(76-82)81-79(84)73-69-65-61-57-53-49-45-41-38-34-31-28-26-25-27-29-32-35-39-43-47-51-55-59-63-67-71-75-86-80(85)74-70-66-62-58-54-50-46-42-36-22-20-18-16-14-12-10-8-6-4-2/h25-26,68,72,77-78,82-83H,3-24,27-67,69-71,73-76H2,1-2H3,(H,81,84)/b26-25-,72-68+. The minimum absolute atomic E-state index is 0.0207. The Bertz CT molecular complexity index is 1350. The monoisotopic (exact) mass is 1210 g/mol. The van der Waals surface area contributed by atoms with E-state index in [-0.39, 0.29) is 18.5 Å². The van der Waals surface area contributed by atoms with E-state index in [0.717, 1.165) is 38.5 Å². The SMILES string of the molecule is CCCCCCCCCCCCCCCCCCCCCCC/C=C/C(O)C(CO)NC(=O)CCCCCCCCCCCCC/C=C\CCCCCCCCCCCCCCOC(=O)CCCCCCCCCCCCCCCCCCCCC. The van der Waals surface area contributed by atoms with E-state index in [4.69, 9.17) is 4.74 Å². The van der Waals surface area contributed by atoms with Crippen molar-refractivity contribution in [1.82, 2.24) is 5.32 Å². The van der Waals surface area contributed by atoms with E-state index in [1.807, 2.05) is 6.08 Å². The predicted molar refractivity (Wildman–Crippen MR) is 380 cm³/mol. The van der Waals surface area contributed by atoms with Gasteiger partial charge in [-0.2, -0.15) is 0 Å². The number of nitrogens with one attached hydrogen (secondary N) is 1. The molecule has 0 aliphatic heterocycles. The second-order valence-electron chi connectivity index (χ2n) is 27.4. The van der Waals surface area contributed by atoms with Crippen LogP contribution in [0.4, 0.5) is 0 Å². The fourth-order valence-corrected chi connectivity index (χ4v) is 12.7. The number of ether oxygens (including phenoxy) is 1. The number of allylic oxidation sites excluding steroid dienone is 3. The molecule has 0 aliphatic rings. The number of hydrogen-bond donors (Lipinski definition) is 3. The lowest BCUT2D eigenvalue weighted by atomic mass is 10.0. The average molecular weight is 1210 g/mol. The van der Waals surface area contributed by atoms with Crippen LogP contribution in [0.2, 0.25) is 0 Å². The minimum atomic E-state index is -0.846. The maximum atomic E-state index is 12.5. The summed E-state index contributed by atoms with van der Waals surface area (Å²) in [6.07, 6.45) is 97.2. The lowest BCUT2D eigenvalue weighted by molar-refractivity contribution is -0.143. The molecule has 0 fully saturated rings. The highest BCUT2D eigenvalue weighted by molar-refractivity contribution is 5.76. The fourth-order valence-electron chi connectivity index (χ4n) is 12.7. The molecule has 0 aliphatic carbocycles. The van der Waals surface area contributed by atoms with E-state index in [9.17, 15) is 19.8 Å². The van der Waals surface area contributed by atoms with Crippen LogP contribution in [0.25, 0.3) is 0 Å². The zero-order valence-corrected chi connectivity index (χ0v) is 58.6. The molecule has 3 N–H and O–H groups in total. The Hall–Kier alpha value is -1.66. The Morgan fingerprint density at radius 2 is 0.547 bits per heavy atom. The van der Waals surface area contributed by atoms with Crippen LogP contribution in [0.3, 0.4) is 0 Å². The van der Waals surface area contributed by atoms with Crippen molar-refractivity contribution in [2.75, 3.05) is 13.2 Å². The Morgan fingerprint density at radius 3 is 0.826 bits per heavy atom. The molecule has 0 radical (unpaired) electrons. The molecule has 2 unspecified atom stereocenters. The molecular weight excluding hydrogens is 1050 g/mol. The van der Waals surface area contributed by atoms with Crippen molar-refractivity contribution in [3.05, 3.63) is 24.3 Å². The smallest absolute Gasteiger partial charge is 0.305 e. The van der Waals surface area contributed by atoms with Crippen LogP contribution in [0.5, 0.6) is 0 Å². The molecule has 0 spiro atoms. The Kier molecular flexibility index (Phi) is 74.3. The quantitative estimate of drug-likeness (QED) is 0.0320. The van der Waals surface area contributed by atoms with E-state index < -0.39 is 12.1 Å². The average Bonchev–Trinajstić information content (AvgIpc) is 3.54. The number of unbranched alkanes of at least 4 members (excludes halogenated alkanes) is 62. The zero-order valence-electron chi connectivity index (χ0n) is 58.6. The van der Waals surface area contributed by atoms with Crippen LogP contribution < -0.4 is 5.32 Å². The van der Waals surface area contributed by atoms with Gasteiger partial charge in [-0.25, -0.2) is 0 Å². The highest BCUT2D eigenvalue weighted by Crippen LogP contribution is 2.20. The largest absolute Gasteiger partial charge is 0.466 e. The highest BCUT2D eigenvalue weighted by atomic mass is 16.5. The summed E-state index contributed by atoms with van der Waals surface area (Å²) in [5, 5.41) is 23.3. The highest BCUT2D eigenvalue weighted by Gasteiger charge is 2.18. The number of aliphatic hydroxyl groups is 2. The molecule has 0 aromatic carbocycles. The Balaban J connectivity index is 3.39. The maximum absolute atomic E-state index is 12.5. The summed E-state index contributed by atoms with van der Waals surface area (Å²) in [4.78, 5) is 24.7. The van der Waals surface area contributed by atoms with E-state index in [1.165, 1.54) is 385 Å². The molecule has 0 bridgehead atoms. The van der Waals surface area contributed by atoms with E-state index >= 15 is 0 Å². The first-order valence-electron chi connectivity index (χ1n) is 39.6. The van der Waals surface area contributed by atoms with E-state index in [2.05, 4.69) is 31.3 Å². The third kappa shape index (κ3) is 71.4. The number of aliphatic hydroxyl groups excluding tert-OH is 2. The predicted octanol–water partition coefficient (Wildman–Crippen LogP) is 26.0. The second-order valence-corrected chi connectivity index (χ2v) is 27.4. The van der Waals surface area contributed by atoms with Gasteiger partial charge in [0.15, 0.2) is 0 Å². The van der Waals surface area contributed by atoms with Crippen LogP contribution in [0, 0.1) is 0 Å². The van der Waals surface area contributed by atoms with Crippen molar-refractivity contribution < 1.29 is 24.5 Å². The molecule has 510 valence electrons. The van der Waals surface area contributed by atoms with Gasteiger partial charge < -0.3 is 20.3 Å². The first-order chi connectivity index (χ1) is 42.5. The topological polar surface area (TPSA) is 95.9 Å². The first kappa shape index (κ1) is 84.3. The summed E-state index contributed by atoms with van der Waals surface area (Å²) in [5.41, 5.74) is 0. The summed E-state index contributed by atoms with van der Waals surface area (Å²) >= 11 is 0. The van der Waals surface area contributed by atoms with Gasteiger partial charge in [0, 0.05) is 12.8 Å². The van der Waals surface area contributed by atoms with Crippen molar-refractivity contribution in [1.29, 1.82) is 0 Å². The normalized spacial score (nSPS) is 12.6. The zero-order chi connectivity index (χ0) is 62.0. The molecule has 0 heterocycles. The van der Waals surface area contributed by atoms with Gasteiger partial charge in [0.2, 0.25) is 5.91 Å². The van der Waals surface area contributed by atoms with Crippen molar-refractivity contribution in [3.8, 4) is 0 Å². The summed E-state index contributed by atoms with van der Waals surface area (Å²) in [7, 11) is 0. The van der Waals surface area contributed by atoms with Gasteiger partial charge in [-0.3, -0.25) is 9.59 Å². The molecule has 86 heavy (non-hydrogen) atoms. The van der Waals surface area contributed by atoms with Gasteiger partial charge in [-0.1, -0.05) is 404 Å². The van der Waals surface area contributed by atoms with Gasteiger partial charge in [-0.05, 0) is 57.8 Å². The van der Waals surface area contributed by atoms with Gasteiger partial charge in [0.05, 0.1) is 25.4 Å². The molecule has 0 rings (SSSR count). The van der Waals surface area contributed by atoms with E-state index in [1.54, 1.807) is 6.08 Å². The molecule has 0 aromatic heterocycles. The molecule has 1 amide bonds. The number of amides is 1. The van der Waals surface area contributed by atoms with Crippen LogP contribution >= 0.6 is 0 Å². The number of rotatable bonds is 75. The van der Waals surface area contributed by atoms with Crippen LogP contribution in [-0.2, 0) is 14.3 Å². The minimum Gasteiger partial charge on any atom is -0.466 e. The van der Waals surface area contributed by atoms with Gasteiger partial charge >= 0.3 is 5.97 Å². The van der Waals surface area contributed by atoms with Gasteiger partial charge in [0.1, 0.15) is 0 Å². The van der Waals surface area contributed by atoms with Crippen LogP contribution in [-0.4, -0.2) is 47.4 Å². The maximum Gasteiger partial charge on any atom is 0.305 e. The fraction of sp³-hybridized carbons (Fsp3) is 0.925. The number of carbonyl (C=O) groups is 2. The van der Waals surface area contributed by atoms with Crippen LogP contribution in [0.1, 0.15) is 450 Å². The third-order valence-corrected chi connectivity index (χ3v) is 18.7. The third-order valence-electron chi connectivity index (χ3n) is 18.7. The molecule has 0 aromatic rings. The number of carbonyl (C=O) groups excluding carboxylic acids is 2. The summed E-state index contributed by atoms with van der Waals surface area (Å²) in [6.45, 7) is 4.96. The summed E-state index contributed by atoms with van der Waals surface area (Å²) in [5.74, 6) is -0.0430. The molecule has 0 saturated carbocycles. The Morgan fingerprint density at radius 1 is 0.314 bits per heavy atom. The second kappa shape index (κ2) is 75.8. The van der Waals surface area contributed by atoms with Crippen molar-refractivity contribution >= 4 is 11.9 Å². The lowest BCUT2D eigenvalue weighted by Crippen LogP contribution is -2.45. The first-order valence-corrected chi connectivity index (χ1v) is 39.6. The van der Waals surface area contributed by atoms with Crippen LogP contribution in [0.15, 0.2) is 24.3 Å². The number of esters is 1. The molecule has 0 saturated heterocycles. The van der Waals surface area contributed by atoms with Crippen molar-refractivity contribution in [2.24, 2.45) is 0 Å². The number of hydrogen-bond acceptors (Lipinski definition) is 5. The van der Waals surface area contributed by atoms with Crippen molar-refractivity contribution in [2.45, 2.75) is 463 Å². The Labute approximate surface area is 539 Å². The lowest BCUT2D eigenvalue weighted by Gasteiger charge is -2.20. The summed E-state index contributed by atoms with van der Waals surface area (Å²) < 4.78 is 5.52. The molecule has 6 heteroatoms.